The molecule has 0 amide bonds. The van der Waals surface area contributed by atoms with Crippen molar-refractivity contribution in [3.8, 4) is 0 Å². The van der Waals surface area contributed by atoms with Crippen molar-refractivity contribution in [3.63, 3.8) is 0 Å². The molecule has 1 unspecified atom stereocenters. The average Bonchev–Trinajstić information content (AvgIpc) is 2.38. The van der Waals surface area contributed by atoms with Crippen molar-refractivity contribution >= 4 is 17.6 Å². The molecule has 0 aromatic heterocycles. The minimum Gasteiger partial charge on any atom is -0.480 e. The van der Waals surface area contributed by atoms with Gasteiger partial charge in [0.05, 0.1) is 0 Å². The maximum atomic E-state index is 11.4. The van der Waals surface area contributed by atoms with Crippen LogP contribution >= 0.6 is 11.6 Å². The van der Waals surface area contributed by atoms with Crippen molar-refractivity contribution in [2.75, 3.05) is 26.2 Å². The van der Waals surface area contributed by atoms with E-state index >= 15 is 0 Å². The molecule has 98 valence electrons. The molecule has 2 N–H and O–H groups in total. The zero-order valence-electron chi connectivity index (χ0n) is 10.1. The molecule has 1 fully saturated rings. The van der Waals surface area contributed by atoms with Gasteiger partial charge >= 0.3 is 5.97 Å². The highest BCUT2D eigenvalue weighted by Crippen LogP contribution is 2.14. The third kappa shape index (κ3) is 3.45. The van der Waals surface area contributed by atoms with E-state index in [0.717, 1.165) is 31.7 Å². The standard InChI is InChI=1S/C13H17ClN2O2/c14-11-3-1-10(2-4-11)9-12(13(17)18)16-7-5-15-6-8-16/h1-4,12,15H,5-9H2,(H,17,18). The predicted octanol–water partition coefficient (Wildman–Crippen LogP) is 1.24. The van der Waals surface area contributed by atoms with Gasteiger partial charge in [-0.25, -0.2) is 0 Å². The van der Waals surface area contributed by atoms with E-state index in [0.29, 0.717) is 11.4 Å². The van der Waals surface area contributed by atoms with Crippen LogP contribution < -0.4 is 5.32 Å². The first kappa shape index (κ1) is 13.3. The van der Waals surface area contributed by atoms with Crippen LogP contribution in [0.3, 0.4) is 0 Å². The maximum absolute atomic E-state index is 11.4. The molecule has 1 aliphatic rings. The minimum absolute atomic E-state index is 0.451. The summed E-state index contributed by atoms with van der Waals surface area (Å²) in [6.07, 6.45) is 0.520. The number of nitrogens with one attached hydrogen (secondary N) is 1. The first-order chi connectivity index (χ1) is 8.66. The van der Waals surface area contributed by atoms with Gasteiger partial charge in [0.15, 0.2) is 0 Å². The molecule has 0 aliphatic carbocycles. The number of nitrogens with zero attached hydrogens (tertiary/aromatic N) is 1. The van der Waals surface area contributed by atoms with E-state index in [9.17, 15) is 9.90 Å². The molecule has 1 heterocycles. The molecule has 1 aromatic rings. The summed E-state index contributed by atoms with van der Waals surface area (Å²) >= 11 is 5.82. The molecule has 2 rings (SSSR count). The highest BCUT2D eigenvalue weighted by atomic mass is 35.5. The van der Waals surface area contributed by atoms with E-state index in [1.807, 2.05) is 17.0 Å². The number of carboxylic acids is 1. The van der Waals surface area contributed by atoms with Crippen LogP contribution in [-0.4, -0.2) is 48.2 Å². The van der Waals surface area contributed by atoms with Crippen molar-refractivity contribution in [3.05, 3.63) is 34.9 Å². The smallest absolute Gasteiger partial charge is 0.321 e. The zero-order valence-corrected chi connectivity index (χ0v) is 10.9. The fraction of sp³-hybridized carbons (Fsp3) is 0.462. The molecule has 1 aliphatic heterocycles. The van der Waals surface area contributed by atoms with Gasteiger partial charge in [-0.15, -0.1) is 0 Å². The van der Waals surface area contributed by atoms with Gasteiger partial charge in [-0.2, -0.15) is 0 Å². The van der Waals surface area contributed by atoms with Crippen molar-refractivity contribution in [1.82, 2.24) is 10.2 Å². The number of hydrogen-bond donors (Lipinski definition) is 2. The number of hydrogen-bond acceptors (Lipinski definition) is 3. The molecule has 0 saturated carbocycles. The second-order valence-corrected chi connectivity index (χ2v) is 4.91. The predicted molar refractivity (Wildman–Crippen MR) is 71.0 cm³/mol. The SMILES string of the molecule is O=C(O)C(Cc1ccc(Cl)cc1)N1CCNCC1. The molecule has 5 heteroatoms. The Morgan fingerprint density at radius 3 is 2.50 bits per heavy atom. The molecule has 0 bridgehead atoms. The molecule has 0 spiro atoms. The molecule has 1 atom stereocenters. The van der Waals surface area contributed by atoms with Gasteiger partial charge in [-0.1, -0.05) is 23.7 Å². The highest BCUT2D eigenvalue weighted by molar-refractivity contribution is 6.30. The molecule has 18 heavy (non-hydrogen) atoms. The van der Waals surface area contributed by atoms with Gasteiger partial charge in [0.1, 0.15) is 6.04 Å². The fourth-order valence-electron chi connectivity index (χ4n) is 2.21. The summed E-state index contributed by atoms with van der Waals surface area (Å²) in [4.78, 5) is 13.4. The quantitative estimate of drug-likeness (QED) is 0.863. The number of rotatable bonds is 4. The van der Waals surface area contributed by atoms with Crippen molar-refractivity contribution in [2.24, 2.45) is 0 Å². The molecule has 1 aromatic carbocycles. The molecule has 1 saturated heterocycles. The number of carbonyl (C=O) groups is 1. The van der Waals surface area contributed by atoms with Gasteiger partial charge in [0, 0.05) is 31.2 Å². The Bertz CT molecular complexity index is 402. The van der Waals surface area contributed by atoms with E-state index in [1.54, 1.807) is 12.1 Å². The highest BCUT2D eigenvalue weighted by Gasteiger charge is 2.26. The molecular weight excluding hydrogens is 252 g/mol. The van der Waals surface area contributed by atoms with Crippen molar-refractivity contribution in [1.29, 1.82) is 0 Å². The number of carboxylic acid groups (broad SMARTS) is 1. The van der Waals surface area contributed by atoms with Crippen LogP contribution in [0.4, 0.5) is 0 Å². The van der Waals surface area contributed by atoms with Crippen LogP contribution in [0.5, 0.6) is 0 Å². The normalized spacial score (nSPS) is 18.5. The van der Waals surface area contributed by atoms with E-state index in [1.165, 1.54) is 0 Å². The summed E-state index contributed by atoms with van der Waals surface area (Å²) in [5.41, 5.74) is 1.00. The topological polar surface area (TPSA) is 52.6 Å². The number of aliphatic carboxylic acids is 1. The Balaban J connectivity index is 2.05. The summed E-state index contributed by atoms with van der Waals surface area (Å²) in [6.45, 7) is 3.27. The van der Waals surface area contributed by atoms with Gasteiger partial charge < -0.3 is 10.4 Å². The van der Waals surface area contributed by atoms with Gasteiger partial charge in [-0.3, -0.25) is 9.69 Å². The number of piperazine rings is 1. The van der Waals surface area contributed by atoms with Crippen LogP contribution in [0.15, 0.2) is 24.3 Å². The van der Waals surface area contributed by atoms with Crippen LogP contribution in [0, 0.1) is 0 Å². The Hall–Kier alpha value is -1.10. The number of benzene rings is 1. The van der Waals surface area contributed by atoms with E-state index in [2.05, 4.69) is 5.32 Å². The Morgan fingerprint density at radius 1 is 1.33 bits per heavy atom. The van der Waals surface area contributed by atoms with E-state index < -0.39 is 12.0 Å². The summed E-state index contributed by atoms with van der Waals surface area (Å²) in [5.74, 6) is -0.758. The van der Waals surface area contributed by atoms with Gasteiger partial charge in [0.25, 0.3) is 0 Å². The molecule has 4 nitrogen and oxygen atoms in total. The third-order valence-corrected chi connectivity index (χ3v) is 3.47. The third-order valence-electron chi connectivity index (χ3n) is 3.22. The van der Waals surface area contributed by atoms with Crippen LogP contribution in [0.2, 0.25) is 5.02 Å². The average molecular weight is 269 g/mol. The lowest BCUT2D eigenvalue weighted by Crippen LogP contribution is -2.52. The fourth-order valence-corrected chi connectivity index (χ4v) is 2.34. The zero-order chi connectivity index (χ0) is 13.0. The van der Waals surface area contributed by atoms with Crippen LogP contribution in [-0.2, 0) is 11.2 Å². The van der Waals surface area contributed by atoms with E-state index in [4.69, 9.17) is 11.6 Å². The van der Waals surface area contributed by atoms with E-state index in [-0.39, 0.29) is 0 Å². The largest absolute Gasteiger partial charge is 0.480 e. The summed E-state index contributed by atoms with van der Waals surface area (Å²) in [5, 5.41) is 13.3. The monoisotopic (exact) mass is 268 g/mol. The Labute approximate surface area is 112 Å². The summed E-state index contributed by atoms with van der Waals surface area (Å²) in [6, 6.07) is 6.93. The van der Waals surface area contributed by atoms with Crippen LogP contribution in [0.25, 0.3) is 0 Å². The number of halogens is 1. The second-order valence-electron chi connectivity index (χ2n) is 4.47. The molecule has 0 radical (unpaired) electrons. The first-order valence-corrected chi connectivity index (χ1v) is 6.46. The minimum atomic E-state index is -0.758. The van der Waals surface area contributed by atoms with Crippen molar-refractivity contribution in [2.45, 2.75) is 12.5 Å². The van der Waals surface area contributed by atoms with Gasteiger partial charge in [-0.05, 0) is 24.1 Å². The lowest BCUT2D eigenvalue weighted by molar-refractivity contribution is -0.143. The summed E-state index contributed by atoms with van der Waals surface area (Å²) < 4.78 is 0. The summed E-state index contributed by atoms with van der Waals surface area (Å²) in [7, 11) is 0. The maximum Gasteiger partial charge on any atom is 0.321 e. The van der Waals surface area contributed by atoms with Gasteiger partial charge in [0.2, 0.25) is 0 Å². The molecular formula is C13H17ClN2O2. The Morgan fingerprint density at radius 2 is 1.94 bits per heavy atom. The first-order valence-electron chi connectivity index (χ1n) is 6.09. The van der Waals surface area contributed by atoms with Crippen molar-refractivity contribution < 1.29 is 9.90 Å². The Kier molecular flexibility index (Phi) is 4.58. The lowest BCUT2D eigenvalue weighted by atomic mass is 10.0. The lowest BCUT2D eigenvalue weighted by Gasteiger charge is -2.32. The van der Waals surface area contributed by atoms with Crippen LogP contribution in [0.1, 0.15) is 5.56 Å². The second kappa shape index (κ2) is 6.18.